The largest absolute Gasteiger partial charge is 0.379 e. The van der Waals surface area contributed by atoms with Gasteiger partial charge in [-0.25, -0.2) is 0 Å². The lowest BCUT2D eigenvalue weighted by Crippen LogP contribution is -2.51. The highest BCUT2D eigenvalue weighted by Gasteiger charge is 2.24. The molecule has 8 heteroatoms. The third kappa shape index (κ3) is 5.41. The molecule has 2 amide bonds. The normalized spacial score (nSPS) is 20.4. The van der Waals surface area contributed by atoms with Crippen molar-refractivity contribution in [2.75, 3.05) is 59.0 Å². The summed E-state index contributed by atoms with van der Waals surface area (Å²) in [5.41, 5.74) is 1.12. The lowest BCUT2D eigenvalue weighted by Gasteiger charge is -2.35. The van der Waals surface area contributed by atoms with Crippen LogP contribution in [0.3, 0.4) is 0 Å². The van der Waals surface area contributed by atoms with Gasteiger partial charge in [-0.3, -0.25) is 19.4 Å². The Balaban J connectivity index is 1.58. The van der Waals surface area contributed by atoms with Crippen molar-refractivity contribution >= 4 is 23.4 Å². The van der Waals surface area contributed by atoms with E-state index < -0.39 is 0 Å². The third-order valence-electron chi connectivity index (χ3n) is 4.72. The number of halogens is 1. The molecule has 2 aliphatic rings. The average molecular weight is 381 g/mol. The minimum absolute atomic E-state index is 0.0311. The summed E-state index contributed by atoms with van der Waals surface area (Å²) in [6.45, 7) is 5.37. The minimum atomic E-state index is -0.0630. The molecule has 2 saturated heterocycles. The van der Waals surface area contributed by atoms with Crippen LogP contribution in [0.1, 0.15) is 11.6 Å². The number of morpholine rings is 1. The lowest BCUT2D eigenvalue weighted by molar-refractivity contribution is -0.127. The Kier molecular flexibility index (Phi) is 6.85. The highest BCUT2D eigenvalue weighted by Crippen LogP contribution is 2.23. The van der Waals surface area contributed by atoms with Crippen molar-refractivity contribution in [2.24, 2.45) is 0 Å². The molecule has 26 heavy (non-hydrogen) atoms. The number of carbonyl (C=O) groups excluding carboxylic acids is 2. The zero-order chi connectivity index (χ0) is 18.4. The van der Waals surface area contributed by atoms with E-state index >= 15 is 0 Å². The zero-order valence-corrected chi connectivity index (χ0v) is 15.5. The molecule has 1 aromatic rings. The summed E-state index contributed by atoms with van der Waals surface area (Å²) in [6, 6.07) is 7.83. The number of rotatable bonds is 6. The lowest BCUT2D eigenvalue weighted by atomic mass is 10.0. The summed E-state index contributed by atoms with van der Waals surface area (Å²) in [7, 11) is 0. The summed E-state index contributed by atoms with van der Waals surface area (Å²) in [5.74, 6) is -0.0941. The van der Waals surface area contributed by atoms with Gasteiger partial charge >= 0.3 is 0 Å². The first-order chi connectivity index (χ1) is 12.6. The van der Waals surface area contributed by atoms with Crippen LogP contribution in [-0.4, -0.2) is 80.6 Å². The average Bonchev–Trinajstić information content (AvgIpc) is 2.64. The number of amides is 2. The predicted molar refractivity (Wildman–Crippen MR) is 99.0 cm³/mol. The van der Waals surface area contributed by atoms with E-state index in [1.165, 1.54) is 0 Å². The Labute approximate surface area is 158 Å². The number of hydrogen-bond acceptors (Lipinski definition) is 5. The third-order valence-corrected chi connectivity index (χ3v) is 4.97. The highest BCUT2D eigenvalue weighted by molar-refractivity contribution is 6.30. The molecule has 2 heterocycles. The second kappa shape index (κ2) is 9.32. The van der Waals surface area contributed by atoms with Crippen molar-refractivity contribution in [3.8, 4) is 0 Å². The number of nitrogens with zero attached hydrogens (tertiary/aromatic N) is 2. The van der Waals surface area contributed by atoms with Crippen molar-refractivity contribution < 1.29 is 14.3 Å². The number of benzene rings is 1. The van der Waals surface area contributed by atoms with Crippen LogP contribution in [0.5, 0.6) is 0 Å². The Bertz CT molecular complexity index is 619. The standard InChI is InChI=1S/C18H25ClN4O3/c19-15-3-1-14(2-4-15)16(23-7-9-26-10-8-23)11-21-18(25)13-22-6-5-20-17(24)12-22/h1-4,16H,5-13H2,(H,20,24)(H,21,25)/t16-/m0/s1. The first-order valence-electron chi connectivity index (χ1n) is 8.95. The molecular weight excluding hydrogens is 356 g/mol. The van der Waals surface area contributed by atoms with Crippen molar-refractivity contribution in [3.63, 3.8) is 0 Å². The molecule has 2 N–H and O–H groups in total. The fraction of sp³-hybridized carbons (Fsp3) is 0.556. The van der Waals surface area contributed by atoms with Crippen molar-refractivity contribution in [1.82, 2.24) is 20.4 Å². The van der Waals surface area contributed by atoms with Gasteiger partial charge < -0.3 is 15.4 Å². The van der Waals surface area contributed by atoms with Crippen LogP contribution < -0.4 is 10.6 Å². The van der Waals surface area contributed by atoms with E-state index in [4.69, 9.17) is 16.3 Å². The zero-order valence-electron chi connectivity index (χ0n) is 14.7. The molecule has 2 fully saturated rings. The van der Waals surface area contributed by atoms with Gasteiger partial charge in [0.05, 0.1) is 32.3 Å². The van der Waals surface area contributed by atoms with Crippen LogP contribution in [-0.2, 0) is 14.3 Å². The molecule has 2 aliphatic heterocycles. The molecule has 7 nitrogen and oxygen atoms in total. The van der Waals surface area contributed by atoms with Gasteiger partial charge in [-0.05, 0) is 17.7 Å². The van der Waals surface area contributed by atoms with Gasteiger partial charge in [-0.15, -0.1) is 0 Å². The molecule has 0 saturated carbocycles. The Hall–Kier alpha value is -1.67. The molecule has 1 aromatic carbocycles. The number of nitrogens with one attached hydrogen (secondary N) is 2. The van der Waals surface area contributed by atoms with Gasteiger partial charge in [0.1, 0.15) is 0 Å². The first kappa shape index (κ1) is 19.1. The summed E-state index contributed by atoms with van der Waals surface area (Å²) in [6.07, 6.45) is 0. The van der Waals surface area contributed by atoms with Gasteiger partial charge in [0.25, 0.3) is 0 Å². The van der Waals surface area contributed by atoms with E-state index in [1.54, 1.807) is 0 Å². The van der Waals surface area contributed by atoms with Crippen LogP contribution in [0.4, 0.5) is 0 Å². The van der Waals surface area contributed by atoms with Crippen molar-refractivity contribution in [1.29, 1.82) is 0 Å². The fourth-order valence-electron chi connectivity index (χ4n) is 3.33. The molecule has 0 aliphatic carbocycles. The SMILES string of the molecule is O=C1CN(CC(=O)NC[C@@H](c2ccc(Cl)cc2)N2CCOCC2)CCN1. The van der Waals surface area contributed by atoms with Crippen molar-refractivity contribution in [3.05, 3.63) is 34.9 Å². The van der Waals surface area contributed by atoms with Gasteiger partial charge in [-0.2, -0.15) is 0 Å². The van der Waals surface area contributed by atoms with Crippen LogP contribution in [0, 0.1) is 0 Å². The maximum Gasteiger partial charge on any atom is 0.234 e. The van der Waals surface area contributed by atoms with Gasteiger partial charge in [0.2, 0.25) is 11.8 Å². The summed E-state index contributed by atoms with van der Waals surface area (Å²) < 4.78 is 5.45. The molecule has 0 spiro atoms. The van der Waals surface area contributed by atoms with E-state index in [0.717, 1.165) is 18.7 Å². The van der Waals surface area contributed by atoms with Crippen LogP contribution in [0.25, 0.3) is 0 Å². The van der Waals surface area contributed by atoms with Crippen LogP contribution in [0.15, 0.2) is 24.3 Å². The molecule has 3 rings (SSSR count). The molecule has 0 radical (unpaired) electrons. The van der Waals surface area contributed by atoms with Gasteiger partial charge in [-0.1, -0.05) is 23.7 Å². The van der Waals surface area contributed by atoms with Gasteiger partial charge in [0.15, 0.2) is 0 Å². The molecular formula is C18H25ClN4O3. The monoisotopic (exact) mass is 380 g/mol. The number of carbonyl (C=O) groups is 2. The topological polar surface area (TPSA) is 73.9 Å². The minimum Gasteiger partial charge on any atom is -0.379 e. The summed E-state index contributed by atoms with van der Waals surface area (Å²) >= 11 is 6.01. The second-order valence-electron chi connectivity index (χ2n) is 6.58. The van der Waals surface area contributed by atoms with E-state index in [-0.39, 0.29) is 30.9 Å². The molecule has 0 unspecified atom stereocenters. The summed E-state index contributed by atoms with van der Waals surface area (Å²) in [4.78, 5) is 28.0. The predicted octanol–water partition coefficient (Wildman–Crippen LogP) is 0.261. The quantitative estimate of drug-likeness (QED) is 0.740. The Morgan fingerprint density at radius 3 is 2.65 bits per heavy atom. The molecule has 0 bridgehead atoms. The second-order valence-corrected chi connectivity index (χ2v) is 7.02. The fourth-order valence-corrected chi connectivity index (χ4v) is 3.45. The van der Waals surface area contributed by atoms with Crippen LogP contribution >= 0.6 is 11.6 Å². The highest BCUT2D eigenvalue weighted by atomic mass is 35.5. The Morgan fingerprint density at radius 1 is 1.23 bits per heavy atom. The Morgan fingerprint density at radius 2 is 1.96 bits per heavy atom. The molecule has 0 aromatic heterocycles. The first-order valence-corrected chi connectivity index (χ1v) is 9.32. The number of hydrogen-bond donors (Lipinski definition) is 2. The van der Waals surface area contributed by atoms with E-state index in [1.807, 2.05) is 29.2 Å². The van der Waals surface area contributed by atoms with E-state index in [9.17, 15) is 9.59 Å². The van der Waals surface area contributed by atoms with Gasteiger partial charge in [0, 0.05) is 37.7 Å². The van der Waals surface area contributed by atoms with E-state index in [0.29, 0.717) is 37.9 Å². The molecule has 142 valence electrons. The number of piperazine rings is 1. The molecule has 1 atom stereocenters. The summed E-state index contributed by atoms with van der Waals surface area (Å²) in [5, 5.41) is 6.49. The smallest absolute Gasteiger partial charge is 0.234 e. The number of ether oxygens (including phenoxy) is 1. The maximum absolute atomic E-state index is 12.3. The van der Waals surface area contributed by atoms with E-state index in [2.05, 4.69) is 15.5 Å². The maximum atomic E-state index is 12.3. The van der Waals surface area contributed by atoms with Crippen LogP contribution in [0.2, 0.25) is 5.02 Å². The van der Waals surface area contributed by atoms with Crippen molar-refractivity contribution in [2.45, 2.75) is 6.04 Å².